The molecular weight excluding hydrogens is 392 g/mol. The average Bonchev–Trinajstić information content (AvgIpc) is 3.06. The zero-order chi connectivity index (χ0) is 22.1. The van der Waals surface area contributed by atoms with Gasteiger partial charge >= 0.3 is 12.1 Å². The zero-order valence-corrected chi connectivity index (χ0v) is 18.0. The molecule has 3 aromatic rings. The van der Waals surface area contributed by atoms with Crippen molar-refractivity contribution in [3.8, 4) is 11.3 Å². The number of aryl methyl sites for hydroxylation is 1. The van der Waals surface area contributed by atoms with Crippen LogP contribution in [0.5, 0.6) is 0 Å². The summed E-state index contributed by atoms with van der Waals surface area (Å²) in [5.74, 6) is -0.917. The SMILES string of the molecule is Cc1cc2c(cc1-c1cc(C(=O)O)c(C)n1C)CCN(C(=O)OCc1ccccc1)C2. The summed E-state index contributed by atoms with van der Waals surface area (Å²) in [4.78, 5) is 25.8. The molecule has 1 amide bonds. The van der Waals surface area contributed by atoms with E-state index in [0.717, 1.165) is 40.1 Å². The van der Waals surface area contributed by atoms with Gasteiger partial charge in [0.05, 0.1) is 5.56 Å². The van der Waals surface area contributed by atoms with Crippen LogP contribution in [0.4, 0.5) is 4.79 Å². The number of rotatable bonds is 4. The zero-order valence-electron chi connectivity index (χ0n) is 18.0. The van der Waals surface area contributed by atoms with Crippen LogP contribution in [0.15, 0.2) is 48.5 Å². The quantitative estimate of drug-likeness (QED) is 0.667. The second kappa shape index (κ2) is 8.30. The number of amides is 1. The predicted molar refractivity (Wildman–Crippen MR) is 118 cm³/mol. The smallest absolute Gasteiger partial charge is 0.410 e. The fraction of sp³-hybridized carbons (Fsp3) is 0.280. The summed E-state index contributed by atoms with van der Waals surface area (Å²) in [5.41, 5.74) is 7.27. The molecular formula is C25H26N2O4. The second-order valence-electron chi connectivity index (χ2n) is 8.04. The Bertz CT molecular complexity index is 1150. The van der Waals surface area contributed by atoms with Gasteiger partial charge in [-0.2, -0.15) is 0 Å². The van der Waals surface area contributed by atoms with E-state index in [1.165, 1.54) is 5.56 Å². The molecule has 0 bridgehead atoms. The van der Waals surface area contributed by atoms with Gasteiger partial charge in [0, 0.05) is 37.1 Å². The van der Waals surface area contributed by atoms with Crippen molar-refractivity contribution in [1.29, 1.82) is 0 Å². The van der Waals surface area contributed by atoms with Crippen LogP contribution in [0.2, 0.25) is 0 Å². The van der Waals surface area contributed by atoms with Crippen molar-refractivity contribution < 1.29 is 19.4 Å². The first-order chi connectivity index (χ1) is 14.8. The van der Waals surface area contributed by atoms with E-state index in [9.17, 15) is 14.7 Å². The van der Waals surface area contributed by atoms with Crippen LogP contribution in [-0.2, 0) is 31.4 Å². The van der Waals surface area contributed by atoms with Gasteiger partial charge in [0.15, 0.2) is 0 Å². The largest absolute Gasteiger partial charge is 0.478 e. The minimum atomic E-state index is -0.917. The van der Waals surface area contributed by atoms with Crippen molar-refractivity contribution in [2.75, 3.05) is 6.54 Å². The van der Waals surface area contributed by atoms with Gasteiger partial charge in [-0.25, -0.2) is 9.59 Å². The first-order valence-corrected chi connectivity index (χ1v) is 10.3. The molecule has 0 unspecified atom stereocenters. The third-order valence-electron chi connectivity index (χ3n) is 6.06. The fourth-order valence-corrected chi connectivity index (χ4v) is 4.15. The summed E-state index contributed by atoms with van der Waals surface area (Å²) in [5, 5.41) is 9.45. The molecule has 31 heavy (non-hydrogen) atoms. The Morgan fingerprint density at radius 1 is 1.06 bits per heavy atom. The molecule has 4 rings (SSSR count). The van der Waals surface area contributed by atoms with Crippen molar-refractivity contribution in [2.24, 2.45) is 7.05 Å². The maximum atomic E-state index is 12.5. The monoisotopic (exact) mass is 418 g/mol. The number of carboxylic acids is 1. The molecule has 1 N–H and O–H groups in total. The average molecular weight is 418 g/mol. The molecule has 0 saturated carbocycles. The highest BCUT2D eigenvalue weighted by Crippen LogP contribution is 2.32. The summed E-state index contributed by atoms with van der Waals surface area (Å²) < 4.78 is 7.41. The standard InChI is InChI=1S/C25H26N2O4/c1-16-11-20-14-27(25(30)31-15-18-7-5-4-6-8-18)10-9-19(20)12-21(16)23-13-22(24(28)29)17(2)26(23)3/h4-8,11-13H,9-10,14-15H2,1-3H3,(H,28,29). The van der Waals surface area contributed by atoms with Gasteiger partial charge in [0.2, 0.25) is 0 Å². The summed E-state index contributed by atoms with van der Waals surface area (Å²) in [6.45, 7) is 5.21. The highest BCUT2D eigenvalue weighted by atomic mass is 16.6. The van der Waals surface area contributed by atoms with Crippen LogP contribution >= 0.6 is 0 Å². The highest BCUT2D eigenvalue weighted by molar-refractivity contribution is 5.91. The number of ether oxygens (including phenoxy) is 1. The Morgan fingerprint density at radius 2 is 1.81 bits per heavy atom. The molecule has 1 aliphatic rings. The molecule has 160 valence electrons. The predicted octanol–water partition coefficient (Wildman–Crippen LogP) is 4.70. The number of aromatic carboxylic acids is 1. The van der Waals surface area contributed by atoms with Crippen molar-refractivity contribution in [1.82, 2.24) is 9.47 Å². The number of carboxylic acid groups (broad SMARTS) is 1. The third kappa shape index (κ3) is 4.06. The lowest BCUT2D eigenvalue weighted by Crippen LogP contribution is -2.36. The Morgan fingerprint density at radius 3 is 2.48 bits per heavy atom. The number of carbonyl (C=O) groups is 2. The Kier molecular flexibility index (Phi) is 5.55. The number of nitrogens with zero attached hydrogens (tertiary/aromatic N) is 2. The van der Waals surface area contributed by atoms with Gasteiger partial charge in [-0.15, -0.1) is 0 Å². The number of aromatic nitrogens is 1. The van der Waals surface area contributed by atoms with Crippen LogP contribution in [-0.4, -0.2) is 33.2 Å². The van der Waals surface area contributed by atoms with E-state index < -0.39 is 5.97 Å². The Hall–Kier alpha value is -3.54. The van der Waals surface area contributed by atoms with Gasteiger partial charge < -0.3 is 19.3 Å². The van der Waals surface area contributed by atoms with E-state index >= 15 is 0 Å². The molecule has 1 aromatic heterocycles. The van der Waals surface area contributed by atoms with E-state index in [0.29, 0.717) is 18.7 Å². The lowest BCUT2D eigenvalue weighted by molar-refractivity contribution is 0.0695. The number of benzene rings is 2. The molecule has 6 heteroatoms. The van der Waals surface area contributed by atoms with Gasteiger partial charge in [0.25, 0.3) is 0 Å². The normalized spacial score (nSPS) is 13.1. The summed E-state index contributed by atoms with van der Waals surface area (Å²) in [6.07, 6.45) is 0.429. The lowest BCUT2D eigenvalue weighted by atomic mass is 9.93. The van der Waals surface area contributed by atoms with Crippen LogP contribution < -0.4 is 0 Å². The molecule has 6 nitrogen and oxygen atoms in total. The minimum Gasteiger partial charge on any atom is -0.478 e. The maximum Gasteiger partial charge on any atom is 0.410 e. The van der Waals surface area contributed by atoms with E-state index in [4.69, 9.17) is 4.74 Å². The summed E-state index contributed by atoms with van der Waals surface area (Å²) in [7, 11) is 1.89. The Balaban J connectivity index is 1.53. The first kappa shape index (κ1) is 20.7. The third-order valence-corrected chi connectivity index (χ3v) is 6.06. The summed E-state index contributed by atoms with van der Waals surface area (Å²) in [6, 6.07) is 15.6. The highest BCUT2D eigenvalue weighted by Gasteiger charge is 2.24. The van der Waals surface area contributed by atoms with Crippen LogP contribution in [0.1, 0.15) is 38.3 Å². The molecule has 0 saturated heterocycles. The molecule has 0 fully saturated rings. The maximum absolute atomic E-state index is 12.5. The van der Waals surface area contributed by atoms with Crippen LogP contribution in [0, 0.1) is 13.8 Å². The molecule has 2 aromatic carbocycles. The van der Waals surface area contributed by atoms with Crippen molar-refractivity contribution >= 4 is 12.1 Å². The number of hydrogen-bond donors (Lipinski definition) is 1. The number of fused-ring (bicyclic) bond motifs is 1. The van der Waals surface area contributed by atoms with Crippen molar-refractivity contribution in [2.45, 2.75) is 33.4 Å². The molecule has 0 spiro atoms. The molecule has 1 aliphatic heterocycles. The molecule has 0 radical (unpaired) electrons. The summed E-state index contributed by atoms with van der Waals surface area (Å²) >= 11 is 0. The lowest BCUT2D eigenvalue weighted by Gasteiger charge is -2.29. The van der Waals surface area contributed by atoms with E-state index in [2.05, 4.69) is 12.1 Å². The second-order valence-corrected chi connectivity index (χ2v) is 8.04. The molecule has 0 aliphatic carbocycles. The van der Waals surface area contributed by atoms with E-state index in [1.807, 2.05) is 55.8 Å². The van der Waals surface area contributed by atoms with Crippen molar-refractivity contribution in [3.63, 3.8) is 0 Å². The van der Waals surface area contributed by atoms with Crippen LogP contribution in [0.3, 0.4) is 0 Å². The topological polar surface area (TPSA) is 71.8 Å². The van der Waals surface area contributed by atoms with Crippen LogP contribution in [0.25, 0.3) is 11.3 Å². The number of carbonyl (C=O) groups excluding carboxylic acids is 1. The van der Waals surface area contributed by atoms with Gasteiger partial charge in [-0.3, -0.25) is 0 Å². The van der Waals surface area contributed by atoms with Gasteiger partial charge in [0.1, 0.15) is 6.61 Å². The number of hydrogen-bond acceptors (Lipinski definition) is 3. The minimum absolute atomic E-state index is 0.264. The molecule has 0 atom stereocenters. The van der Waals surface area contributed by atoms with Gasteiger partial charge in [-0.1, -0.05) is 36.4 Å². The van der Waals surface area contributed by atoms with E-state index in [1.54, 1.807) is 11.0 Å². The van der Waals surface area contributed by atoms with Crippen molar-refractivity contribution in [3.05, 3.63) is 82.0 Å². The molecule has 2 heterocycles. The van der Waals surface area contributed by atoms with E-state index in [-0.39, 0.29) is 12.7 Å². The van der Waals surface area contributed by atoms with Gasteiger partial charge in [-0.05, 0) is 54.7 Å². The fourth-order valence-electron chi connectivity index (χ4n) is 4.15. The first-order valence-electron chi connectivity index (χ1n) is 10.3. The Labute approximate surface area is 181 Å².